The van der Waals surface area contributed by atoms with E-state index in [0.717, 1.165) is 42.5 Å². The van der Waals surface area contributed by atoms with E-state index in [1.54, 1.807) is 4.90 Å². The second kappa shape index (κ2) is 6.64. The highest BCUT2D eigenvalue weighted by molar-refractivity contribution is 6.06. The van der Waals surface area contributed by atoms with E-state index in [2.05, 4.69) is 41.9 Å². The molecule has 1 N–H and O–H groups in total. The minimum Gasteiger partial charge on any atom is -0.298 e. The lowest BCUT2D eigenvalue weighted by Crippen LogP contribution is -2.49. The molecule has 7 heteroatoms. The molecule has 27 heavy (non-hydrogen) atoms. The molecule has 4 rings (SSSR count). The number of carbonyl (C=O) groups excluding carboxylic acids is 2. The Morgan fingerprint density at radius 2 is 1.85 bits per heavy atom. The first-order chi connectivity index (χ1) is 12.8. The Kier molecular flexibility index (Phi) is 4.42. The molecule has 2 aliphatic heterocycles. The first-order valence-corrected chi connectivity index (χ1v) is 9.66. The van der Waals surface area contributed by atoms with Crippen molar-refractivity contribution in [1.29, 1.82) is 0 Å². The van der Waals surface area contributed by atoms with Gasteiger partial charge in [0, 0.05) is 48.9 Å². The van der Waals surface area contributed by atoms with Gasteiger partial charge in [0.1, 0.15) is 0 Å². The van der Waals surface area contributed by atoms with Crippen molar-refractivity contribution < 1.29 is 9.59 Å². The van der Waals surface area contributed by atoms with Gasteiger partial charge in [0.25, 0.3) is 0 Å². The van der Waals surface area contributed by atoms with Crippen molar-refractivity contribution in [3.8, 4) is 0 Å². The lowest BCUT2D eigenvalue weighted by atomic mass is 9.98. The van der Waals surface area contributed by atoms with E-state index in [1.165, 1.54) is 0 Å². The Morgan fingerprint density at radius 1 is 1.11 bits per heavy atom. The fourth-order valence-electron chi connectivity index (χ4n) is 4.00. The third kappa shape index (κ3) is 3.56. The number of rotatable bonds is 2. The topological polar surface area (TPSA) is 70.5 Å². The van der Waals surface area contributed by atoms with Gasteiger partial charge in [-0.3, -0.25) is 24.6 Å². The van der Waals surface area contributed by atoms with E-state index in [0.29, 0.717) is 19.0 Å². The number of hydrogen-bond donors (Lipinski definition) is 1. The highest BCUT2D eigenvalue weighted by Crippen LogP contribution is 2.29. The quantitative estimate of drug-likeness (QED) is 0.884. The van der Waals surface area contributed by atoms with Crippen LogP contribution < -0.4 is 10.2 Å². The molecule has 2 fully saturated rings. The fraction of sp³-hybridized carbons (Fsp3) is 0.550. The zero-order valence-corrected chi connectivity index (χ0v) is 16.2. The van der Waals surface area contributed by atoms with Crippen LogP contribution in [0.2, 0.25) is 0 Å². The number of amides is 3. The number of urea groups is 1. The largest absolute Gasteiger partial charge is 0.328 e. The van der Waals surface area contributed by atoms with Crippen LogP contribution in [0.5, 0.6) is 0 Å². The van der Waals surface area contributed by atoms with Gasteiger partial charge >= 0.3 is 6.03 Å². The molecule has 7 nitrogen and oxygen atoms in total. The smallest absolute Gasteiger partial charge is 0.298 e. The minimum absolute atomic E-state index is 0.213. The minimum atomic E-state index is -0.354. The van der Waals surface area contributed by atoms with Crippen LogP contribution in [0.3, 0.4) is 0 Å². The second-order valence-electron chi connectivity index (χ2n) is 8.50. The monoisotopic (exact) mass is 369 g/mol. The van der Waals surface area contributed by atoms with Crippen LogP contribution in [-0.2, 0) is 4.79 Å². The maximum Gasteiger partial charge on any atom is 0.328 e. The maximum atomic E-state index is 12.1. The van der Waals surface area contributed by atoms with Crippen molar-refractivity contribution in [2.75, 3.05) is 24.5 Å². The molecule has 1 aromatic carbocycles. The molecule has 3 heterocycles. The summed E-state index contributed by atoms with van der Waals surface area (Å²) in [5.74, 6) is -0.216. The summed E-state index contributed by atoms with van der Waals surface area (Å²) in [5.41, 5.74) is 1.95. The number of carbonyl (C=O) groups is 2. The Labute approximate surface area is 159 Å². The van der Waals surface area contributed by atoms with Crippen LogP contribution in [0, 0.1) is 0 Å². The molecule has 2 aliphatic rings. The van der Waals surface area contributed by atoms with Crippen LogP contribution in [0.15, 0.2) is 24.4 Å². The lowest BCUT2D eigenvalue weighted by molar-refractivity contribution is -0.120. The van der Waals surface area contributed by atoms with Crippen LogP contribution in [-0.4, -0.2) is 51.8 Å². The number of imide groups is 1. The van der Waals surface area contributed by atoms with Crippen molar-refractivity contribution in [3.63, 3.8) is 0 Å². The summed E-state index contributed by atoms with van der Waals surface area (Å²) in [6.45, 7) is 9.37. The fourth-order valence-corrected chi connectivity index (χ4v) is 4.00. The van der Waals surface area contributed by atoms with E-state index < -0.39 is 0 Å². The first-order valence-electron chi connectivity index (χ1n) is 9.66. The van der Waals surface area contributed by atoms with Gasteiger partial charge in [-0.2, -0.15) is 5.10 Å². The molecule has 2 saturated heterocycles. The molecule has 0 radical (unpaired) electrons. The van der Waals surface area contributed by atoms with Crippen LogP contribution in [0.25, 0.3) is 10.9 Å². The molecule has 0 atom stereocenters. The maximum absolute atomic E-state index is 12.1. The van der Waals surface area contributed by atoms with Crippen molar-refractivity contribution in [2.24, 2.45) is 0 Å². The molecule has 0 saturated carbocycles. The van der Waals surface area contributed by atoms with Crippen LogP contribution in [0.4, 0.5) is 10.5 Å². The molecule has 0 spiro atoms. The number of nitrogens with zero attached hydrogens (tertiary/aromatic N) is 4. The molecular formula is C20H27N5O2. The van der Waals surface area contributed by atoms with Crippen molar-refractivity contribution in [1.82, 2.24) is 20.0 Å². The van der Waals surface area contributed by atoms with Gasteiger partial charge in [0.05, 0.1) is 11.6 Å². The van der Waals surface area contributed by atoms with Gasteiger partial charge in [-0.1, -0.05) is 0 Å². The normalized spacial score (nSPS) is 20.3. The molecule has 3 amide bonds. The summed E-state index contributed by atoms with van der Waals surface area (Å²) in [6, 6.07) is 5.90. The average molecular weight is 369 g/mol. The van der Waals surface area contributed by atoms with E-state index >= 15 is 0 Å². The number of fused-ring (bicyclic) bond motifs is 1. The number of piperidine rings is 1. The standard InChI is InChI=1S/C20H27N5O2/c1-20(2,3)23-9-6-15(7-10-23)25-13-14-12-16(4-5-17(14)22-25)24-11-8-18(26)21-19(24)27/h4-5,12-13,15H,6-11H2,1-3H3,(H,21,26,27). The summed E-state index contributed by atoms with van der Waals surface area (Å²) in [5, 5.41) is 8.16. The van der Waals surface area contributed by atoms with Gasteiger partial charge in [-0.05, 0) is 51.8 Å². The molecule has 0 unspecified atom stereocenters. The second-order valence-corrected chi connectivity index (χ2v) is 8.50. The summed E-state index contributed by atoms with van der Waals surface area (Å²) < 4.78 is 2.09. The van der Waals surface area contributed by atoms with E-state index in [1.807, 2.05) is 18.2 Å². The SMILES string of the molecule is CC(C)(C)N1CCC(n2cc3cc(N4CCC(=O)NC4=O)ccc3n2)CC1. The van der Waals surface area contributed by atoms with Crippen molar-refractivity contribution >= 4 is 28.5 Å². The van der Waals surface area contributed by atoms with Gasteiger partial charge in [-0.25, -0.2) is 4.79 Å². The van der Waals surface area contributed by atoms with E-state index in [9.17, 15) is 9.59 Å². The van der Waals surface area contributed by atoms with Gasteiger partial charge in [0.15, 0.2) is 0 Å². The van der Waals surface area contributed by atoms with Gasteiger partial charge in [-0.15, -0.1) is 0 Å². The number of aromatic nitrogens is 2. The predicted molar refractivity (Wildman–Crippen MR) is 105 cm³/mol. The Bertz CT molecular complexity index is 874. The van der Waals surface area contributed by atoms with Gasteiger partial charge < -0.3 is 0 Å². The number of likely N-dealkylation sites (tertiary alicyclic amines) is 1. The molecule has 0 bridgehead atoms. The highest BCUT2D eigenvalue weighted by atomic mass is 16.2. The Balaban J connectivity index is 1.52. The number of benzene rings is 1. The molecule has 2 aromatic rings. The Morgan fingerprint density at radius 3 is 2.52 bits per heavy atom. The van der Waals surface area contributed by atoms with Crippen LogP contribution >= 0.6 is 0 Å². The van der Waals surface area contributed by atoms with E-state index in [-0.39, 0.29) is 17.5 Å². The molecule has 0 aliphatic carbocycles. The summed E-state index contributed by atoms with van der Waals surface area (Å²) in [6.07, 6.45) is 4.60. The zero-order valence-electron chi connectivity index (χ0n) is 16.2. The third-order valence-electron chi connectivity index (χ3n) is 5.66. The summed E-state index contributed by atoms with van der Waals surface area (Å²) in [4.78, 5) is 27.6. The average Bonchev–Trinajstić information content (AvgIpc) is 3.04. The molecular weight excluding hydrogens is 342 g/mol. The van der Waals surface area contributed by atoms with Gasteiger partial charge in [0.2, 0.25) is 5.91 Å². The first kappa shape index (κ1) is 18.0. The molecule has 1 aromatic heterocycles. The number of anilines is 1. The number of hydrogen-bond acceptors (Lipinski definition) is 4. The highest BCUT2D eigenvalue weighted by Gasteiger charge is 2.28. The van der Waals surface area contributed by atoms with E-state index in [4.69, 9.17) is 5.10 Å². The van der Waals surface area contributed by atoms with Crippen molar-refractivity contribution in [3.05, 3.63) is 24.4 Å². The predicted octanol–water partition coefficient (Wildman–Crippen LogP) is 2.92. The summed E-state index contributed by atoms with van der Waals surface area (Å²) in [7, 11) is 0. The molecule has 144 valence electrons. The zero-order chi connectivity index (χ0) is 19.2. The number of nitrogens with one attached hydrogen (secondary N) is 1. The third-order valence-corrected chi connectivity index (χ3v) is 5.66. The summed E-state index contributed by atoms with van der Waals surface area (Å²) >= 11 is 0. The van der Waals surface area contributed by atoms with Crippen molar-refractivity contribution in [2.45, 2.75) is 51.6 Å². The Hall–Kier alpha value is -2.41. The lowest BCUT2D eigenvalue weighted by Gasteiger charge is -2.40. The van der Waals surface area contributed by atoms with Crippen LogP contribution in [0.1, 0.15) is 46.1 Å².